The van der Waals surface area contributed by atoms with Gasteiger partial charge in [0.05, 0.1) is 38.1 Å². The molecule has 6 atom stereocenters. The molecule has 0 radical (unpaired) electrons. The van der Waals surface area contributed by atoms with E-state index in [0.717, 1.165) is 66.5 Å². The highest BCUT2D eigenvalue weighted by atomic mass is 16.7. The van der Waals surface area contributed by atoms with Crippen LogP contribution in [0, 0.1) is 23.7 Å². The predicted octanol–water partition coefficient (Wildman–Crippen LogP) is 8.83. The quantitative estimate of drug-likeness (QED) is 0.0514. The van der Waals surface area contributed by atoms with Crippen LogP contribution in [0.5, 0.6) is 17.2 Å². The fraction of sp³-hybridized carbons (Fsp3) is 0.529. The first-order valence-electron chi connectivity index (χ1n) is 22.7. The summed E-state index contributed by atoms with van der Waals surface area (Å²) in [4.78, 5) is 22.7. The molecular formula is C51H66N2O9. The molecule has 1 aliphatic heterocycles. The Hall–Kier alpha value is -4.52. The highest BCUT2D eigenvalue weighted by Gasteiger charge is 2.66. The van der Waals surface area contributed by atoms with E-state index < -0.39 is 23.3 Å². The van der Waals surface area contributed by atoms with Gasteiger partial charge in [-0.1, -0.05) is 72.6 Å². The van der Waals surface area contributed by atoms with E-state index in [1.807, 2.05) is 68.1 Å². The molecule has 334 valence electrons. The van der Waals surface area contributed by atoms with Gasteiger partial charge in [-0.3, -0.25) is 4.79 Å². The lowest BCUT2D eigenvalue weighted by Crippen LogP contribution is -2.70. The maximum absolute atomic E-state index is 14.6. The fourth-order valence-electron chi connectivity index (χ4n) is 9.70. The Kier molecular flexibility index (Phi) is 15.2. The molecule has 4 aliphatic rings. The minimum atomic E-state index is -1.36. The Bertz CT molecular complexity index is 2010. The number of hydrogen-bond donors (Lipinski definition) is 3. The molecule has 2 saturated carbocycles. The number of fused-ring (bicyclic) bond motifs is 2. The van der Waals surface area contributed by atoms with Crippen LogP contribution >= 0.6 is 0 Å². The summed E-state index contributed by atoms with van der Waals surface area (Å²) in [6.07, 6.45) is 10.7. The first-order chi connectivity index (χ1) is 30.1. The Morgan fingerprint density at radius 3 is 2.29 bits per heavy atom. The summed E-state index contributed by atoms with van der Waals surface area (Å²) in [5.74, 6) is 0.165. The van der Waals surface area contributed by atoms with Crippen molar-refractivity contribution in [1.29, 1.82) is 0 Å². The van der Waals surface area contributed by atoms with Crippen LogP contribution in [-0.4, -0.2) is 95.5 Å². The molecule has 7 rings (SSSR count). The van der Waals surface area contributed by atoms with Crippen molar-refractivity contribution in [2.45, 2.75) is 102 Å². The van der Waals surface area contributed by atoms with Gasteiger partial charge in [0.25, 0.3) is 0 Å². The van der Waals surface area contributed by atoms with E-state index in [1.54, 1.807) is 6.08 Å². The summed E-state index contributed by atoms with van der Waals surface area (Å²) in [6.45, 7) is 10.9. The Labute approximate surface area is 367 Å². The molecule has 11 nitrogen and oxygen atoms in total. The molecule has 1 heterocycles. The number of ether oxygens (including phenoxy) is 4. The van der Waals surface area contributed by atoms with Crippen LogP contribution in [0.15, 0.2) is 102 Å². The fourth-order valence-corrected chi connectivity index (χ4v) is 9.70. The number of amides is 1. The molecule has 3 N–H and O–H groups in total. The van der Waals surface area contributed by atoms with Gasteiger partial charge in [-0.25, -0.2) is 0 Å². The Balaban J connectivity index is 1.39. The second-order valence-corrected chi connectivity index (χ2v) is 18.1. The number of allylic oxidation sites excluding steroid dienone is 1. The Morgan fingerprint density at radius 1 is 0.903 bits per heavy atom. The number of hydrogen-bond acceptors (Lipinski definition) is 10. The summed E-state index contributed by atoms with van der Waals surface area (Å²) in [6, 6.07) is 23.7. The molecule has 3 aliphatic carbocycles. The zero-order valence-electron chi connectivity index (χ0n) is 36.8. The number of aliphatic hydroxyl groups is 3. The van der Waals surface area contributed by atoms with E-state index >= 15 is 0 Å². The average Bonchev–Trinajstić information content (AvgIpc) is 4.13. The van der Waals surface area contributed by atoms with Gasteiger partial charge in [0.15, 0.2) is 0 Å². The van der Waals surface area contributed by atoms with Crippen LogP contribution < -0.4 is 9.47 Å². The van der Waals surface area contributed by atoms with Crippen LogP contribution in [0.3, 0.4) is 0 Å². The lowest BCUT2D eigenvalue weighted by atomic mass is 9.55. The van der Waals surface area contributed by atoms with E-state index in [4.69, 9.17) is 28.9 Å². The lowest BCUT2D eigenvalue weighted by molar-refractivity contribution is -0.258. The van der Waals surface area contributed by atoms with Crippen LogP contribution in [-0.2, 0) is 19.1 Å². The standard InChI is InChI=1S/C51H66N2O9/c1-5-29-59-51-46(53(25-30-58-31-28-56)49(57)37-17-18-37)34-44(52-62-50(2,3)4)42-32-38(15-9-11-26-54)41(16-10-12-27-55)47(48(42)51)43-33-40(23-24-45(43)61-51)60-39-21-19-36(20-22-39)35-13-7-6-8-14-35/h5-8,13-14,19-24,32-33,37-38,41,46-48,54-56H,1,9-12,15-18,25-31,34H2,2-4H3. The Morgan fingerprint density at radius 2 is 1.61 bits per heavy atom. The van der Waals surface area contributed by atoms with Gasteiger partial charge in [0, 0.05) is 43.6 Å². The van der Waals surface area contributed by atoms with Crippen molar-refractivity contribution in [3.63, 3.8) is 0 Å². The molecule has 6 unspecified atom stereocenters. The number of carbonyl (C=O) groups is 1. The number of benzene rings is 3. The highest BCUT2D eigenvalue weighted by molar-refractivity contribution is 6.03. The van der Waals surface area contributed by atoms with Gasteiger partial charge in [-0.15, -0.1) is 6.58 Å². The van der Waals surface area contributed by atoms with Crippen molar-refractivity contribution < 1.29 is 43.9 Å². The van der Waals surface area contributed by atoms with Crippen molar-refractivity contribution in [3.05, 3.63) is 103 Å². The van der Waals surface area contributed by atoms with Gasteiger partial charge in [0.2, 0.25) is 11.7 Å². The van der Waals surface area contributed by atoms with Gasteiger partial charge in [-0.2, -0.15) is 0 Å². The van der Waals surface area contributed by atoms with E-state index in [9.17, 15) is 20.1 Å². The number of aliphatic hydroxyl groups excluding tert-OH is 3. The lowest BCUT2D eigenvalue weighted by Gasteiger charge is -2.60. The van der Waals surface area contributed by atoms with E-state index in [-0.39, 0.29) is 75.8 Å². The van der Waals surface area contributed by atoms with Gasteiger partial charge in [0.1, 0.15) is 28.9 Å². The zero-order chi connectivity index (χ0) is 43.7. The average molecular weight is 851 g/mol. The molecule has 3 aromatic carbocycles. The van der Waals surface area contributed by atoms with Crippen LogP contribution in [0.4, 0.5) is 0 Å². The van der Waals surface area contributed by atoms with Crippen LogP contribution in [0.1, 0.15) is 90.0 Å². The summed E-state index contributed by atoms with van der Waals surface area (Å²) in [7, 11) is 0. The molecule has 1 amide bonds. The number of oxime groups is 1. The van der Waals surface area contributed by atoms with Crippen molar-refractivity contribution in [1.82, 2.24) is 4.90 Å². The monoisotopic (exact) mass is 850 g/mol. The molecule has 62 heavy (non-hydrogen) atoms. The highest BCUT2D eigenvalue weighted by Crippen LogP contribution is 2.62. The first-order valence-corrected chi connectivity index (χ1v) is 22.7. The number of rotatable bonds is 22. The zero-order valence-corrected chi connectivity index (χ0v) is 36.8. The molecule has 0 spiro atoms. The number of unbranched alkanes of at least 4 members (excludes halogenated alkanes) is 2. The van der Waals surface area contributed by atoms with Crippen LogP contribution in [0.2, 0.25) is 0 Å². The molecule has 0 saturated heterocycles. The number of nitrogens with zero attached hydrogens (tertiary/aromatic N) is 2. The first kappa shape index (κ1) is 45.5. The summed E-state index contributed by atoms with van der Waals surface area (Å²) >= 11 is 0. The summed E-state index contributed by atoms with van der Waals surface area (Å²) in [5, 5.41) is 34.4. The third kappa shape index (κ3) is 10.5. The maximum Gasteiger partial charge on any atom is 0.239 e. The van der Waals surface area contributed by atoms with Gasteiger partial charge >= 0.3 is 0 Å². The molecule has 3 aromatic rings. The van der Waals surface area contributed by atoms with E-state index in [0.29, 0.717) is 36.5 Å². The predicted molar refractivity (Wildman–Crippen MR) is 240 cm³/mol. The maximum atomic E-state index is 14.6. The second-order valence-electron chi connectivity index (χ2n) is 18.1. The van der Waals surface area contributed by atoms with E-state index in [1.165, 1.54) is 0 Å². The van der Waals surface area contributed by atoms with Crippen molar-refractivity contribution in [2.75, 3.05) is 46.2 Å². The summed E-state index contributed by atoms with van der Waals surface area (Å²) in [5.41, 5.74) is 4.37. The van der Waals surface area contributed by atoms with Crippen molar-refractivity contribution in [3.8, 4) is 28.4 Å². The van der Waals surface area contributed by atoms with Crippen molar-refractivity contribution >= 4 is 11.6 Å². The van der Waals surface area contributed by atoms with E-state index in [2.05, 4.69) is 43.0 Å². The molecule has 0 aromatic heterocycles. The van der Waals surface area contributed by atoms with Crippen molar-refractivity contribution in [2.24, 2.45) is 28.8 Å². The van der Waals surface area contributed by atoms with Crippen LogP contribution in [0.25, 0.3) is 11.1 Å². The summed E-state index contributed by atoms with van der Waals surface area (Å²) < 4.78 is 26.9. The molecule has 11 heteroatoms. The molecular weight excluding hydrogens is 785 g/mol. The minimum Gasteiger partial charge on any atom is -0.459 e. The third-order valence-corrected chi connectivity index (χ3v) is 12.6. The second kappa shape index (κ2) is 20.8. The largest absolute Gasteiger partial charge is 0.459 e. The third-order valence-electron chi connectivity index (χ3n) is 12.6. The topological polar surface area (TPSA) is 140 Å². The number of carbonyl (C=O) groups excluding carboxylic acids is 1. The molecule has 2 fully saturated rings. The molecule has 0 bridgehead atoms. The normalized spacial score (nSPS) is 24.6. The smallest absolute Gasteiger partial charge is 0.239 e. The van der Waals surface area contributed by atoms with Gasteiger partial charge in [-0.05, 0) is 118 Å². The minimum absolute atomic E-state index is 0.0258. The SMILES string of the molecule is C=CCOC12Oc3ccc(Oc4ccc(-c5ccccc5)cc4)cc3C3C(CCCCO)C(CCCCO)C=C(C(=NOC(C)(C)C)CC1N(CCOCCO)C(=O)C1CC1)C32. The van der Waals surface area contributed by atoms with Gasteiger partial charge < -0.3 is 44.0 Å².